The van der Waals surface area contributed by atoms with E-state index in [1.54, 1.807) is 11.6 Å². The number of aromatic nitrogens is 4. The van der Waals surface area contributed by atoms with Crippen LogP contribution >= 0.6 is 0 Å². The van der Waals surface area contributed by atoms with Crippen LogP contribution in [0, 0.1) is 13.8 Å². The fourth-order valence-corrected chi connectivity index (χ4v) is 2.63. The van der Waals surface area contributed by atoms with Crippen molar-refractivity contribution in [1.82, 2.24) is 24.9 Å². The number of hydrogen-bond acceptors (Lipinski definition) is 5. The molecule has 1 amide bonds. The molecule has 24 heavy (non-hydrogen) atoms. The van der Waals surface area contributed by atoms with Crippen molar-refractivity contribution in [1.29, 1.82) is 0 Å². The monoisotopic (exact) mass is 325 g/mol. The van der Waals surface area contributed by atoms with E-state index in [4.69, 9.17) is 4.74 Å². The lowest BCUT2D eigenvalue weighted by Crippen LogP contribution is -2.28. The fraction of sp³-hybridized carbons (Fsp3) is 0.294. The predicted octanol–water partition coefficient (Wildman–Crippen LogP) is 2.24. The van der Waals surface area contributed by atoms with Crippen molar-refractivity contribution in [3.05, 3.63) is 53.1 Å². The molecule has 3 aromatic rings. The maximum Gasteiger partial charge on any atom is 0.291 e. The van der Waals surface area contributed by atoms with E-state index < -0.39 is 0 Å². The standard InChI is InChI=1S/C17H19N5O2/c1-10-9-11(2)22-17(18-10)20-15(21-22)16(23)19-12(3)13-7-5-6-8-14(13)24-4/h5-9,12H,1-4H3,(H,19,23). The maximum absolute atomic E-state index is 12.5. The first-order valence-electron chi connectivity index (χ1n) is 7.64. The van der Waals surface area contributed by atoms with Gasteiger partial charge >= 0.3 is 0 Å². The zero-order valence-electron chi connectivity index (χ0n) is 14.1. The van der Waals surface area contributed by atoms with E-state index in [9.17, 15) is 4.79 Å². The Morgan fingerprint density at radius 2 is 2.00 bits per heavy atom. The van der Waals surface area contributed by atoms with Gasteiger partial charge in [-0.05, 0) is 32.9 Å². The second-order valence-electron chi connectivity index (χ2n) is 5.62. The number of methoxy groups -OCH3 is 1. The lowest BCUT2D eigenvalue weighted by Gasteiger charge is -2.16. The van der Waals surface area contributed by atoms with Gasteiger partial charge in [0.25, 0.3) is 11.7 Å². The Balaban J connectivity index is 1.86. The van der Waals surface area contributed by atoms with Crippen molar-refractivity contribution in [3.8, 4) is 5.75 Å². The van der Waals surface area contributed by atoms with Crippen LogP contribution in [-0.4, -0.2) is 32.6 Å². The number of hydrogen-bond donors (Lipinski definition) is 1. The summed E-state index contributed by atoms with van der Waals surface area (Å²) in [7, 11) is 1.60. The Morgan fingerprint density at radius 3 is 2.75 bits per heavy atom. The third-order valence-electron chi connectivity index (χ3n) is 3.77. The first-order chi connectivity index (χ1) is 11.5. The molecule has 1 unspecified atom stereocenters. The average molecular weight is 325 g/mol. The molecule has 0 aliphatic carbocycles. The Bertz CT molecular complexity index is 903. The molecule has 1 aromatic carbocycles. The lowest BCUT2D eigenvalue weighted by molar-refractivity contribution is 0.0929. The summed E-state index contributed by atoms with van der Waals surface area (Å²) in [5.74, 6) is 0.887. The summed E-state index contributed by atoms with van der Waals surface area (Å²) in [5, 5.41) is 7.14. The van der Waals surface area contributed by atoms with Gasteiger partial charge in [-0.3, -0.25) is 4.79 Å². The topological polar surface area (TPSA) is 81.4 Å². The van der Waals surface area contributed by atoms with Gasteiger partial charge in [0.05, 0.1) is 13.2 Å². The molecule has 0 aliphatic rings. The molecule has 1 N–H and O–H groups in total. The van der Waals surface area contributed by atoms with Crippen LogP contribution in [0.1, 0.15) is 40.5 Å². The summed E-state index contributed by atoms with van der Waals surface area (Å²) in [5.41, 5.74) is 2.60. The van der Waals surface area contributed by atoms with Gasteiger partial charge in [-0.15, -0.1) is 5.10 Å². The molecule has 2 heterocycles. The highest BCUT2D eigenvalue weighted by Gasteiger charge is 2.19. The zero-order chi connectivity index (χ0) is 17.3. The molecule has 0 bridgehead atoms. The maximum atomic E-state index is 12.5. The van der Waals surface area contributed by atoms with E-state index in [1.165, 1.54) is 0 Å². The summed E-state index contributed by atoms with van der Waals surface area (Å²) in [6.07, 6.45) is 0. The molecule has 7 nitrogen and oxygen atoms in total. The molecule has 0 aliphatic heterocycles. The Morgan fingerprint density at radius 1 is 1.25 bits per heavy atom. The van der Waals surface area contributed by atoms with E-state index >= 15 is 0 Å². The number of fused-ring (bicyclic) bond motifs is 1. The Labute approximate surface area is 139 Å². The van der Waals surface area contributed by atoms with Crippen molar-refractivity contribution < 1.29 is 9.53 Å². The van der Waals surface area contributed by atoms with Gasteiger partial charge < -0.3 is 10.1 Å². The summed E-state index contributed by atoms with van der Waals surface area (Å²) in [4.78, 5) is 21.0. The molecular weight excluding hydrogens is 306 g/mol. The fourth-order valence-electron chi connectivity index (χ4n) is 2.63. The molecule has 0 saturated carbocycles. The molecule has 0 fully saturated rings. The third kappa shape index (κ3) is 2.92. The molecule has 1 atom stereocenters. The van der Waals surface area contributed by atoms with Gasteiger partial charge in [0.2, 0.25) is 5.82 Å². The van der Waals surface area contributed by atoms with E-state index in [1.807, 2.05) is 51.1 Å². The highest BCUT2D eigenvalue weighted by atomic mass is 16.5. The number of aryl methyl sites for hydroxylation is 2. The van der Waals surface area contributed by atoms with Crippen LogP contribution in [0.4, 0.5) is 0 Å². The van der Waals surface area contributed by atoms with Gasteiger partial charge in [0.1, 0.15) is 5.75 Å². The quantitative estimate of drug-likeness (QED) is 0.795. The lowest BCUT2D eigenvalue weighted by atomic mass is 10.1. The predicted molar refractivity (Wildman–Crippen MR) is 89.1 cm³/mol. The molecule has 3 rings (SSSR count). The van der Waals surface area contributed by atoms with Crippen LogP contribution in [0.5, 0.6) is 5.75 Å². The molecular formula is C17H19N5O2. The SMILES string of the molecule is COc1ccccc1C(C)NC(=O)c1nc2nc(C)cc(C)n2n1. The van der Waals surface area contributed by atoms with E-state index in [0.29, 0.717) is 5.78 Å². The van der Waals surface area contributed by atoms with Crippen LogP contribution in [0.3, 0.4) is 0 Å². The summed E-state index contributed by atoms with van der Waals surface area (Å²) >= 11 is 0. The highest BCUT2D eigenvalue weighted by Crippen LogP contribution is 2.24. The van der Waals surface area contributed by atoms with Crippen molar-refractivity contribution in [3.63, 3.8) is 0 Å². The van der Waals surface area contributed by atoms with Crippen molar-refractivity contribution in [2.45, 2.75) is 26.8 Å². The number of benzene rings is 1. The number of amides is 1. The van der Waals surface area contributed by atoms with Crippen LogP contribution in [0.15, 0.2) is 30.3 Å². The van der Waals surface area contributed by atoms with Crippen LogP contribution in [0.2, 0.25) is 0 Å². The van der Waals surface area contributed by atoms with Gasteiger partial charge in [-0.1, -0.05) is 18.2 Å². The molecule has 0 spiro atoms. The second kappa shape index (κ2) is 6.27. The number of nitrogens with zero attached hydrogens (tertiary/aromatic N) is 4. The van der Waals surface area contributed by atoms with Crippen LogP contribution in [0.25, 0.3) is 5.78 Å². The largest absolute Gasteiger partial charge is 0.496 e. The minimum absolute atomic E-state index is 0.0953. The normalized spacial score (nSPS) is 12.2. The van der Waals surface area contributed by atoms with Crippen LogP contribution < -0.4 is 10.1 Å². The Hall–Kier alpha value is -2.96. The van der Waals surface area contributed by atoms with E-state index in [-0.39, 0.29) is 17.8 Å². The summed E-state index contributed by atoms with van der Waals surface area (Å²) in [6.45, 7) is 5.67. The number of carbonyl (C=O) groups excluding carboxylic acids is 1. The highest BCUT2D eigenvalue weighted by molar-refractivity contribution is 5.91. The van der Waals surface area contributed by atoms with Gasteiger partial charge in [-0.2, -0.15) is 4.98 Å². The first-order valence-corrected chi connectivity index (χ1v) is 7.64. The second-order valence-corrected chi connectivity index (χ2v) is 5.62. The Kier molecular flexibility index (Phi) is 4.16. The molecule has 124 valence electrons. The van der Waals surface area contributed by atoms with Crippen molar-refractivity contribution in [2.24, 2.45) is 0 Å². The minimum atomic E-state index is -0.351. The number of rotatable bonds is 4. The summed E-state index contributed by atoms with van der Waals surface area (Å²) < 4.78 is 6.90. The minimum Gasteiger partial charge on any atom is -0.496 e. The van der Waals surface area contributed by atoms with E-state index in [0.717, 1.165) is 22.7 Å². The number of para-hydroxylation sites is 1. The van der Waals surface area contributed by atoms with Crippen molar-refractivity contribution in [2.75, 3.05) is 7.11 Å². The molecule has 2 aromatic heterocycles. The molecule has 7 heteroatoms. The van der Waals surface area contributed by atoms with Crippen molar-refractivity contribution >= 4 is 11.7 Å². The zero-order valence-corrected chi connectivity index (χ0v) is 14.1. The number of nitrogens with one attached hydrogen (secondary N) is 1. The average Bonchev–Trinajstić information content (AvgIpc) is 2.99. The van der Waals surface area contributed by atoms with E-state index in [2.05, 4.69) is 20.4 Å². The van der Waals surface area contributed by atoms with Gasteiger partial charge in [0, 0.05) is 17.0 Å². The van der Waals surface area contributed by atoms with Gasteiger partial charge in [0.15, 0.2) is 0 Å². The van der Waals surface area contributed by atoms with Crippen LogP contribution in [-0.2, 0) is 0 Å². The smallest absolute Gasteiger partial charge is 0.291 e. The number of ether oxygens (including phenoxy) is 1. The molecule has 0 saturated heterocycles. The van der Waals surface area contributed by atoms with Gasteiger partial charge in [-0.25, -0.2) is 9.50 Å². The first kappa shape index (κ1) is 15.9. The number of carbonyl (C=O) groups is 1. The third-order valence-corrected chi connectivity index (χ3v) is 3.77. The molecule has 0 radical (unpaired) electrons. The summed E-state index contributed by atoms with van der Waals surface area (Å²) in [6, 6.07) is 9.21.